The molecule has 0 spiro atoms. The van der Waals surface area contributed by atoms with E-state index in [1.54, 1.807) is 0 Å². The first-order valence-electron chi connectivity index (χ1n) is 41.8. The summed E-state index contributed by atoms with van der Waals surface area (Å²) in [4.78, 5) is 2.82. The van der Waals surface area contributed by atoms with Gasteiger partial charge in [0.2, 0.25) is 0 Å². The average molecular weight is 1530 g/mol. The lowest BCUT2D eigenvalue weighted by atomic mass is 9.73. The van der Waals surface area contributed by atoms with Crippen LogP contribution in [0.5, 0.6) is 0 Å². The second-order valence-electron chi connectivity index (χ2n) is 32.1. The van der Waals surface area contributed by atoms with Crippen LogP contribution in [0.4, 0.5) is 17.1 Å². The molecule has 0 aliphatic heterocycles. The van der Waals surface area contributed by atoms with E-state index in [1.807, 2.05) is 0 Å². The number of nitrogens with zero attached hydrogens (tertiary/aromatic N) is 1. The average Bonchev–Trinajstić information content (AvgIpc) is 1.44. The van der Waals surface area contributed by atoms with E-state index in [0.29, 0.717) is 19.3 Å². The van der Waals surface area contributed by atoms with Gasteiger partial charge in [-0.3, -0.25) is 0 Å². The molecule has 0 saturated heterocycles. The Morgan fingerprint density at radius 3 is 1.12 bits per heavy atom. The van der Waals surface area contributed by atoms with Gasteiger partial charge < -0.3 is 13.7 Å². The minimum atomic E-state index is 0.528. The van der Waals surface area contributed by atoms with Crippen molar-refractivity contribution in [3.8, 4) is 156 Å². The van der Waals surface area contributed by atoms with Crippen LogP contribution in [0.3, 0.4) is 0 Å². The summed E-state index contributed by atoms with van der Waals surface area (Å²) >= 11 is 0. The first-order valence-corrected chi connectivity index (χ1v) is 41.8. The lowest BCUT2D eigenvalue weighted by Crippen LogP contribution is -2.18. The number of hydrogen-bond acceptors (Lipinski definition) is 3. The van der Waals surface area contributed by atoms with E-state index in [-0.39, 0.29) is 0 Å². The Bertz CT molecular complexity index is 7680. The monoisotopic (exact) mass is 1530 g/mol. The second-order valence-corrected chi connectivity index (χ2v) is 32.1. The van der Waals surface area contributed by atoms with Gasteiger partial charge in [-0.25, -0.2) is 0 Å². The molecule has 0 bridgehead atoms. The van der Waals surface area contributed by atoms with E-state index < -0.39 is 0 Å². The number of furan rings is 2. The highest BCUT2D eigenvalue weighted by Gasteiger charge is 2.43. The molecule has 0 N–H and O–H groups in total. The maximum absolute atomic E-state index is 7.31. The number of anilines is 3. The van der Waals surface area contributed by atoms with Gasteiger partial charge in [0.25, 0.3) is 0 Å². The van der Waals surface area contributed by atoms with Gasteiger partial charge in [0, 0.05) is 51.3 Å². The molecular weight excluding hydrogens is 1450 g/mol. The van der Waals surface area contributed by atoms with Crippen molar-refractivity contribution in [2.45, 2.75) is 19.3 Å². The van der Waals surface area contributed by atoms with E-state index in [9.17, 15) is 0 Å². The first-order chi connectivity index (χ1) is 59.6. The molecule has 0 fully saturated rings. The van der Waals surface area contributed by atoms with E-state index in [1.165, 1.54) is 83.5 Å². The molecule has 24 rings (SSSR count). The van der Waals surface area contributed by atoms with Crippen molar-refractivity contribution in [2.75, 3.05) is 4.90 Å². The summed E-state index contributed by atoms with van der Waals surface area (Å²) in [5.74, 6) is 0. The highest BCUT2D eigenvalue weighted by Crippen LogP contribution is 2.67. The molecule has 0 amide bonds. The Hall–Kier alpha value is -15.4. The summed E-state index contributed by atoms with van der Waals surface area (Å²) in [7, 11) is 0. The number of hydrogen-bond donors (Lipinski definition) is 0. The maximum Gasteiger partial charge on any atom is 0.137 e. The predicted octanol–water partition coefficient (Wildman–Crippen LogP) is 32.0. The van der Waals surface area contributed by atoms with Gasteiger partial charge in [-0.15, -0.1) is 0 Å². The quantitative estimate of drug-likeness (QED) is 0.109. The zero-order valence-electron chi connectivity index (χ0n) is 65.7. The summed E-state index contributed by atoms with van der Waals surface area (Å²) in [6, 6.07) is 157. The molecule has 120 heavy (non-hydrogen) atoms. The third-order valence-electron chi connectivity index (χ3n) is 25.6. The van der Waals surface area contributed by atoms with E-state index >= 15 is 0 Å². The summed E-state index contributed by atoms with van der Waals surface area (Å²) in [5, 5.41) is 4.17. The Morgan fingerprint density at radius 2 is 0.558 bits per heavy atom. The minimum Gasteiger partial charge on any atom is -0.456 e. The van der Waals surface area contributed by atoms with Crippen molar-refractivity contribution in [3.05, 3.63) is 452 Å². The van der Waals surface area contributed by atoms with Gasteiger partial charge in [0.05, 0.1) is 22.4 Å². The highest BCUT2D eigenvalue weighted by atomic mass is 16.3. The van der Waals surface area contributed by atoms with Crippen molar-refractivity contribution in [1.82, 2.24) is 0 Å². The fourth-order valence-corrected chi connectivity index (χ4v) is 20.6. The Balaban J connectivity index is 1.00. The van der Waals surface area contributed by atoms with Crippen LogP contribution in [0.15, 0.2) is 427 Å². The summed E-state index contributed by atoms with van der Waals surface area (Å²) in [5.41, 5.74) is 46.2. The third-order valence-corrected chi connectivity index (χ3v) is 25.6. The van der Waals surface area contributed by atoms with Crippen LogP contribution in [0.25, 0.3) is 200 Å². The van der Waals surface area contributed by atoms with Gasteiger partial charge in [-0.1, -0.05) is 376 Å². The van der Waals surface area contributed by atoms with Crippen LogP contribution in [-0.4, -0.2) is 0 Å². The number of benzene rings is 19. The van der Waals surface area contributed by atoms with Crippen LogP contribution in [0.2, 0.25) is 0 Å². The molecule has 2 heterocycles. The minimum absolute atomic E-state index is 0.528. The van der Waals surface area contributed by atoms with Gasteiger partial charge >= 0.3 is 0 Å². The van der Waals surface area contributed by atoms with Crippen molar-refractivity contribution >= 4 is 60.9 Å². The molecule has 3 heteroatoms. The van der Waals surface area contributed by atoms with Gasteiger partial charge in [0.15, 0.2) is 0 Å². The summed E-state index contributed by atoms with van der Waals surface area (Å²) < 4.78 is 14.6. The van der Waals surface area contributed by atoms with Crippen molar-refractivity contribution in [3.63, 3.8) is 0 Å². The van der Waals surface area contributed by atoms with Crippen molar-refractivity contribution in [2.24, 2.45) is 0 Å². The third kappa shape index (κ3) is 10.9. The van der Waals surface area contributed by atoms with Gasteiger partial charge in [-0.05, 0) is 216 Å². The first kappa shape index (κ1) is 68.9. The van der Waals surface area contributed by atoms with Gasteiger partial charge in [-0.2, -0.15) is 0 Å². The molecule has 560 valence electrons. The fraction of sp³-hybridized carbons (Fsp3) is 0.0256. The molecule has 3 aliphatic rings. The molecule has 0 saturated carbocycles. The number of rotatable bonds is 14. The zero-order valence-corrected chi connectivity index (χ0v) is 65.7. The van der Waals surface area contributed by atoms with Crippen molar-refractivity contribution in [1.29, 1.82) is 0 Å². The van der Waals surface area contributed by atoms with Crippen LogP contribution in [-0.2, 0) is 19.3 Å². The lowest BCUT2D eigenvalue weighted by Gasteiger charge is -2.37. The molecule has 19 aromatic carbocycles. The normalized spacial score (nSPS) is 12.2. The maximum atomic E-state index is 7.31. The summed E-state index contributed by atoms with van der Waals surface area (Å²) in [6.07, 6.45) is 1.91. The summed E-state index contributed by atoms with van der Waals surface area (Å²) in [6.45, 7) is 0. The molecule has 0 radical (unpaired) electrons. The highest BCUT2D eigenvalue weighted by molar-refractivity contribution is 6.25. The zero-order chi connectivity index (χ0) is 78.9. The van der Waals surface area contributed by atoms with Crippen LogP contribution < -0.4 is 4.90 Å². The number of para-hydroxylation sites is 2. The standard InChI is InChI=1S/C117H75NO2/c1-9-36-73(37-10-1)84-54-29-30-57-88(84)89-65-64-83-70-98-114(107(83)112(89)111-87(74-38-11-2-12-39-74)66-67-103-110(111)91-59-32-34-62-101(91)120-103)115(113-96-68-81-52-25-27-55-85(81)94(96)71-92(75-40-13-3-14-41-75)104(113)77-44-17-5-18-45-77)106(79-48-21-7-22-49-79)108(80-50-23-8-24-51-80)117(98)118(99-60-35-63-102-109(99)90-58-31-33-61-100(90)119-102)116-97-69-82-53-26-28-56-86(82)95(97)72-93(76-42-15-4-16-43-76)105(116)78-46-19-6-20-47-78/h1-67,71-72H,68-70H2. The Kier molecular flexibility index (Phi) is 16.2. The van der Waals surface area contributed by atoms with Crippen molar-refractivity contribution < 1.29 is 8.83 Å². The number of fused-ring (bicyclic) bond motifs is 15. The SMILES string of the molecule is c1ccc(-c2ccccc2-c2ccc3c(c2-c2c(-c4ccccc4)ccc4oc5ccccc5c24)-c2c(c(N(c4c5c(cc(-c6ccccc6)c4-c4ccccc4)-c4ccccc4C5)c4cccc5oc6ccccc6c45)c(-c4ccccc4)c(-c4ccccc4)c2-c2c4c(cc(-c5ccccc5)c2-c2ccccc2)-c2ccccc2C4)C3)cc1. The lowest BCUT2D eigenvalue weighted by molar-refractivity contribution is 0.668. The molecule has 2 aromatic heterocycles. The van der Waals surface area contributed by atoms with E-state index in [2.05, 4.69) is 423 Å². The van der Waals surface area contributed by atoms with Crippen LogP contribution in [0, 0.1) is 0 Å². The molecule has 3 nitrogen and oxygen atoms in total. The molecular formula is C117H75NO2. The molecule has 3 aliphatic carbocycles. The predicted molar refractivity (Wildman–Crippen MR) is 500 cm³/mol. The van der Waals surface area contributed by atoms with Gasteiger partial charge in [0.1, 0.15) is 22.3 Å². The van der Waals surface area contributed by atoms with E-state index in [4.69, 9.17) is 8.83 Å². The second kappa shape index (κ2) is 28.2. The Morgan fingerprint density at radius 1 is 0.175 bits per heavy atom. The molecule has 0 unspecified atom stereocenters. The fourth-order valence-electron chi connectivity index (χ4n) is 20.6. The molecule has 0 atom stereocenters. The topological polar surface area (TPSA) is 29.5 Å². The largest absolute Gasteiger partial charge is 0.456 e. The Labute approximate surface area is 696 Å². The molecule has 21 aromatic rings. The van der Waals surface area contributed by atoms with Crippen LogP contribution >= 0.6 is 0 Å². The van der Waals surface area contributed by atoms with E-state index in [0.717, 1.165) is 167 Å². The smallest absolute Gasteiger partial charge is 0.137 e. The van der Waals surface area contributed by atoms with Crippen LogP contribution in [0.1, 0.15) is 33.4 Å².